The van der Waals surface area contributed by atoms with Crippen molar-refractivity contribution in [1.29, 1.82) is 0 Å². The van der Waals surface area contributed by atoms with E-state index in [1.807, 2.05) is 43.0 Å². The van der Waals surface area contributed by atoms with E-state index in [0.717, 1.165) is 36.1 Å². The molecule has 1 aliphatic heterocycles. The summed E-state index contributed by atoms with van der Waals surface area (Å²) in [6.07, 6.45) is 1.63. The van der Waals surface area contributed by atoms with Gasteiger partial charge in [-0.25, -0.2) is 9.97 Å². The molecule has 0 spiro atoms. The molecule has 0 radical (unpaired) electrons. The van der Waals surface area contributed by atoms with Crippen LogP contribution in [0.15, 0.2) is 30.6 Å². The molecule has 3 rings (SSSR count). The van der Waals surface area contributed by atoms with E-state index >= 15 is 0 Å². The molecule has 0 saturated carbocycles. The summed E-state index contributed by atoms with van der Waals surface area (Å²) < 4.78 is 0. The molecule has 110 valence electrons. The lowest BCUT2D eigenvalue weighted by molar-refractivity contribution is 0.834. The minimum absolute atomic E-state index is 0.675. The fourth-order valence-corrected chi connectivity index (χ4v) is 3.19. The number of rotatable bonds is 4. The van der Waals surface area contributed by atoms with Crippen molar-refractivity contribution in [3.05, 3.63) is 42.0 Å². The number of anilines is 2. The predicted molar refractivity (Wildman–Crippen MR) is 87.9 cm³/mol. The summed E-state index contributed by atoms with van der Waals surface area (Å²) in [5.41, 5.74) is 2.05. The van der Waals surface area contributed by atoms with Crippen molar-refractivity contribution in [2.24, 2.45) is 0 Å². The van der Waals surface area contributed by atoms with E-state index in [1.165, 1.54) is 11.5 Å². The van der Waals surface area contributed by atoms with Gasteiger partial charge in [-0.1, -0.05) is 6.07 Å². The van der Waals surface area contributed by atoms with Crippen LogP contribution in [0.2, 0.25) is 0 Å². The smallest absolute Gasteiger partial charge is 0.134 e. The highest BCUT2D eigenvalue weighted by molar-refractivity contribution is 7.99. The molecule has 2 aromatic rings. The fourth-order valence-electron chi connectivity index (χ4n) is 2.29. The highest BCUT2D eigenvalue weighted by atomic mass is 32.2. The maximum absolute atomic E-state index is 4.48. The van der Waals surface area contributed by atoms with Crippen LogP contribution in [0.1, 0.15) is 11.4 Å². The minimum Gasteiger partial charge on any atom is -0.364 e. The average molecular weight is 301 g/mol. The van der Waals surface area contributed by atoms with E-state index in [9.17, 15) is 0 Å². The van der Waals surface area contributed by atoms with Crippen LogP contribution in [0.3, 0.4) is 0 Å². The van der Waals surface area contributed by atoms with Crippen molar-refractivity contribution in [3.63, 3.8) is 0 Å². The van der Waals surface area contributed by atoms with E-state index in [1.54, 1.807) is 6.33 Å². The van der Waals surface area contributed by atoms with E-state index in [4.69, 9.17) is 0 Å². The number of aromatic nitrogens is 3. The Morgan fingerprint density at radius 3 is 2.90 bits per heavy atom. The number of hydrogen-bond donors (Lipinski definition) is 1. The second-order valence-electron chi connectivity index (χ2n) is 4.98. The predicted octanol–water partition coefficient (Wildman–Crippen LogP) is 2.35. The number of thioether (sulfide) groups is 1. The van der Waals surface area contributed by atoms with Crippen molar-refractivity contribution in [2.45, 2.75) is 13.5 Å². The molecule has 0 amide bonds. The van der Waals surface area contributed by atoms with Gasteiger partial charge >= 0.3 is 0 Å². The van der Waals surface area contributed by atoms with Gasteiger partial charge < -0.3 is 10.2 Å². The topological polar surface area (TPSA) is 53.9 Å². The highest BCUT2D eigenvalue weighted by Gasteiger charge is 2.12. The molecule has 0 aliphatic carbocycles. The van der Waals surface area contributed by atoms with Crippen molar-refractivity contribution >= 4 is 23.4 Å². The standard InChI is InChI=1S/C15H19N5S/c1-12-3-2-4-13(19-12)10-16-14-9-15(18-11-17-14)20-5-7-21-8-6-20/h2-4,9,11H,5-8,10H2,1H3,(H,16,17,18). The maximum atomic E-state index is 4.48. The van der Waals surface area contributed by atoms with Crippen LogP contribution in [0.4, 0.5) is 11.6 Å². The van der Waals surface area contributed by atoms with Crippen LogP contribution in [0.25, 0.3) is 0 Å². The van der Waals surface area contributed by atoms with Gasteiger partial charge in [0.1, 0.15) is 18.0 Å². The Morgan fingerprint density at radius 1 is 1.24 bits per heavy atom. The summed E-state index contributed by atoms with van der Waals surface area (Å²) in [6, 6.07) is 8.06. The van der Waals surface area contributed by atoms with Crippen LogP contribution in [0.5, 0.6) is 0 Å². The third-order valence-electron chi connectivity index (χ3n) is 3.38. The van der Waals surface area contributed by atoms with Gasteiger partial charge in [0.2, 0.25) is 0 Å². The van der Waals surface area contributed by atoms with Gasteiger partial charge in [-0.2, -0.15) is 11.8 Å². The minimum atomic E-state index is 0.675. The SMILES string of the molecule is Cc1cccc(CNc2cc(N3CCSCC3)ncn2)n1. The van der Waals surface area contributed by atoms with E-state index in [-0.39, 0.29) is 0 Å². The number of nitrogens with one attached hydrogen (secondary N) is 1. The second kappa shape index (κ2) is 6.76. The summed E-state index contributed by atoms with van der Waals surface area (Å²) in [5.74, 6) is 4.19. The molecule has 21 heavy (non-hydrogen) atoms. The van der Waals surface area contributed by atoms with Gasteiger partial charge in [-0.15, -0.1) is 0 Å². The van der Waals surface area contributed by atoms with Gasteiger partial charge in [0, 0.05) is 36.4 Å². The zero-order valence-corrected chi connectivity index (χ0v) is 12.9. The Hall–Kier alpha value is -1.82. The molecule has 1 N–H and O–H groups in total. The lowest BCUT2D eigenvalue weighted by atomic mass is 10.3. The zero-order valence-electron chi connectivity index (χ0n) is 12.1. The molecular formula is C15H19N5S. The lowest BCUT2D eigenvalue weighted by Crippen LogP contribution is -2.33. The quantitative estimate of drug-likeness (QED) is 0.935. The van der Waals surface area contributed by atoms with Crippen molar-refractivity contribution in [1.82, 2.24) is 15.0 Å². The molecule has 1 aliphatic rings. The van der Waals surface area contributed by atoms with Gasteiger partial charge in [0.25, 0.3) is 0 Å². The van der Waals surface area contributed by atoms with Gasteiger partial charge in [0.05, 0.1) is 12.2 Å². The van der Waals surface area contributed by atoms with Crippen LogP contribution < -0.4 is 10.2 Å². The number of hydrogen-bond acceptors (Lipinski definition) is 6. The highest BCUT2D eigenvalue weighted by Crippen LogP contribution is 2.19. The molecule has 3 heterocycles. The van der Waals surface area contributed by atoms with Crippen molar-refractivity contribution < 1.29 is 0 Å². The van der Waals surface area contributed by atoms with Crippen LogP contribution >= 0.6 is 11.8 Å². The monoisotopic (exact) mass is 301 g/mol. The third kappa shape index (κ3) is 3.85. The molecular weight excluding hydrogens is 282 g/mol. The zero-order chi connectivity index (χ0) is 14.5. The van der Waals surface area contributed by atoms with Crippen molar-refractivity contribution in [2.75, 3.05) is 34.8 Å². The molecule has 2 aromatic heterocycles. The van der Waals surface area contributed by atoms with E-state index < -0.39 is 0 Å². The first-order valence-corrected chi connectivity index (χ1v) is 8.28. The van der Waals surface area contributed by atoms with Gasteiger partial charge in [-0.05, 0) is 19.1 Å². The van der Waals surface area contributed by atoms with Gasteiger partial charge in [0.15, 0.2) is 0 Å². The van der Waals surface area contributed by atoms with E-state index in [2.05, 4.69) is 25.2 Å². The van der Waals surface area contributed by atoms with Gasteiger partial charge in [-0.3, -0.25) is 4.98 Å². The Bertz CT molecular complexity index is 598. The summed E-state index contributed by atoms with van der Waals surface area (Å²) >= 11 is 2.00. The average Bonchev–Trinajstić information content (AvgIpc) is 2.54. The van der Waals surface area contributed by atoms with Crippen LogP contribution in [-0.4, -0.2) is 39.5 Å². The maximum Gasteiger partial charge on any atom is 0.134 e. The Kier molecular flexibility index (Phi) is 4.55. The summed E-state index contributed by atoms with van der Waals surface area (Å²) in [7, 11) is 0. The summed E-state index contributed by atoms with van der Waals surface area (Å²) in [4.78, 5) is 15.5. The molecule has 0 atom stereocenters. The summed E-state index contributed by atoms with van der Waals surface area (Å²) in [6.45, 7) is 4.79. The van der Waals surface area contributed by atoms with Crippen LogP contribution in [-0.2, 0) is 6.54 Å². The van der Waals surface area contributed by atoms with Crippen molar-refractivity contribution in [3.8, 4) is 0 Å². The summed E-state index contributed by atoms with van der Waals surface area (Å²) in [5, 5.41) is 3.32. The number of aryl methyl sites for hydroxylation is 1. The first-order chi connectivity index (χ1) is 10.3. The molecule has 0 bridgehead atoms. The fraction of sp³-hybridized carbons (Fsp3) is 0.400. The second-order valence-corrected chi connectivity index (χ2v) is 6.21. The Balaban J connectivity index is 1.65. The molecule has 1 saturated heterocycles. The molecule has 1 fully saturated rings. The largest absolute Gasteiger partial charge is 0.364 e. The first kappa shape index (κ1) is 14.1. The van der Waals surface area contributed by atoms with E-state index in [0.29, 0.717) is 6.54 Å². The number of nitrogens with zero attached hydrogens (tertiary/aromatic N) is 4. The van der Waals surface area contributed by atoms with Crippen LogP contribution in [0, 0.1) is 6.92 Å². The Labute approximate surface area is 129 Å². The first-order valence-electron chi connectivity index (χ1n) is 7.12. The molecule has 0 aromatic carbocycles. The molecule has 0 unspecified atom stereocenters. The number of pyridine rings is 1. The molecule has 6 heteroatoms. The molecule has 5 nitrogen and oxygen atoms in total. The lowest BCUT2D eigenvalue weighted by Gasteiger charge is -2.27. The normalized spacial score (nSPS) is 15.0. The third-order valence-corrected chi connectivity index (χ3v) is 4.33. The Morgan fingerprint density at radius 2 is 2.10 bits per heavy atom.